The summed E-state index contributed by atoms with van der Waals surface area (Å²) in [6, 6.07) is 0. The SMILES string of the molecule is C=C(C)CCCC.C=C(OC(C)C)/C(C)=C(/C)C(C)=NC.CC.CC. The molecule has 0 N–H and O–H groups in total. The maximum atomic E-state index is 5.52. The van der Waals surface area contributed by atoms with E-state index >= 15 is 0 Å². The molecule has 0 atom stereocenters. The summed E-state index contributed by atoms with van der Waals surface area (Å²) in [6.45, 7) is 30.0. The Bertz CT molecular complexity index is 387. The summed E-state index contributed by atoms with van der Waals surface area (Å²) in [6.07, 6.45) is 3.96. The number of rotatable bonds is 7. The van der Waals surface area contributed by atoms with Crippen molar-refractivity contribution in [3.05, 3.63) is 35.6 Å². The lowest BCUT2D eigenvalue weighted by atomic mass is 10.1. The van der Waals surface area contributed by atoms with E-state index in [1.165, 1.54) is 24.8 Å². The Morgan fingerprint density at radius 2 is 1.36 bits per heavy atom. The first-order valence-electron chi connectivity index (χ1n) is 9.78. The van der Waals surface area contributed by atoms with E-state index in [0.717, 1.165) is 22.6 Å². The van der Waals surface area contributed by atoms with Gasteiger partial charge in [-0.1, -0.05) is 53.2 Å². The minimum atomic E-state index is 0.170. The normalized spacial score (nSPS) is 10.8. The molecule has 0 spiro atoms. The van der Waals surface area contributed by atoms with Gasteiger partial charge < -0.3 is 4.74 Å². The largest absolute Gasteiger partial charge is 0.491 e. The molecular weight excluding hydrogens is 306 g/mol. The minimum absolute atomic E-state index is 0.170. The monoisotopic (exact) mass is 353 g/mol. The smallest absolute Gasteiger partial charge is 0.115 e. The quantitative estimate of drug-likeness (QED) is 0.196. The average molecular weight is 354 g/mol. The van der Waals surface area contributed by atoms with Gasteiger partial charge in [0.25, 0.3) is 0 Å². The van der Waals surface area contributed by atoms with Crippen molar-refractivity contribution in [1.29, 1.82) is 0 Å². The van der Waals surface area contributed by atoms with Crippen LogP contribution in [0.15, 0.2) is 40.6 Å². The number of aliphatic imine (C=N–C) groups is 1. The van der Waals surface area contributed by atoms with Crippen molar-refractivity contribution >= 4 is 5.71 Å². The van der Waals surface area contributed by atoms with Gasteiger partial charge in [0.2, 0.25) is 0 Å². The topological polar surface area (TPSA) is 21.6 Å². The molecule has 0 aliphatic carbocycles. The van der Waals surface area contributed by atoms with E-state index in [-0.39, 0.29) is 6.10 Å². The third kappa shape index (κ3) is 22.7. The fourth-order valence-corrected chi connectivity index (χ4v) is 1.50. The predicted molar refractivity (Wildman–Crippen MR) is 120 cm³/mol. The molecule has 0 unspecified atom stereocenters. The Hall–Kier alpha value is -1.31. The van der Waals surface area contributed by atoms with E-state index in [1.807, 2.05) is 62.3 Å². The van der Waals surface area contributed by atoms with Gasteiger partial charge in [-0.05, 0) is 65.5 Å². The van der Waals surface area contributed by atoms with E-state index in [9.17, 15) is 0 Å². The molecule has 0 fully saturated rings. The van der Waals surface area contributed by atoms with Gasteiger partial charge in [-0.25, -0.2) is 0 Å². The van der Waals surface area contributed by atoms with Gasteiger partial charge in [0.15, 0.2) is 0 Å². The van der Waals surface area contributed by atoms with E-state index < -0.39 is 0 Å². The van der Waals surface area contributed by atoms with Crippen molar-refractivity contribution in [2.24, 2.45) is 4.99 Å². The zero-order valence-electron chi connectivity index (χ0n) is 19.5. The van der Waals surface area contributed by atoms with Gasteiger partial charge in [-0.2, -0.15) is 0 Å². The van der Waals surface area contributed by atoms with Crippen molar-refractivity contribution in [3.63, 3.8) is 0 Å². The molecule has 0 aromatic carbocycles. The van der Waals surface area contributed by atoms with Gasteiger partial charge >= 0.3 is 0 Å². The lowest BCUT2D eigenvalue weighted by Gasteiger charge is -2.15. The zero-order valence-corrected chi connectivity index (χ0v) is 19.5. The van der Waals surface area contributed by atoms with Crippen LogP contribution in [-0.4, -0.2) is 18.9 Å². The summed E-state index contributed by atoms with van der Waals surface area (Å²) in [5, 5.41) is 0. The van der Waals surface area contributed by atoms with E-state index in [4.69, 9.17) is 4.74 Å². The number of hydrogen-bond donors (Lipinski definition) is 0. The molecule has 0 aromatic rings. The van der Waals surface area contributed by atoms with Crippen LogP contribution in [0.2, 0.25) is 0 Å². The standard InChI is InChI=1S/C12H21NO.C7H14.2C2H6/c1-8(2)14-12(6)10(4)9(3)11(5)13-7;1-4-5-6-7(2)3;2*1-2/h8H,6H2,1-5,7H3;2,4-6H2,1,3H3;2*1-2H3/b10-9-,13-11?;;;. The number of allylic oxidation sites excluding steroid dienone is 3. The summed E-state index contributed by atoms with van der Waals surface area (Å²) < 4.78 is 5.52. The van der Waals surface area contributed by atoms with Crippen LogP contribution in [0.25, 0.3) is 0 Å². The highest BCUT2D eigenvalue weighted by atomic mass is 16.5. The second-order valence-electron chi connectivity index (χ2n) is 5.71. The molecule has 0 aliphatic rings. The Morgan fingerprint density at radius 3 is 1.60 bits per heavy atom. The third-order valence-electron chi connectivity index (χ3n) is 3.19. The van der Waals surface area contributed by atoms with Crippen LogP contribution in [-0.2, 0) is 4.74 Å². The molecule has 25 heavy (non-hydrogen) atoms. The first-order chi connectivity index (χ1) is 11.7. The fraction of sp³-hybridized carbons (Fsp3) is 0.696. The van der Waals surface area contributed by atoms with E-state index in [0.29, 0.717) is 0 Å². The molecule has 2 heteroatoms. The van der Waals surface area contributed by atoms with Crippen molar-refractivity contribution in [2.45, 2.75) is 102 Å². The molecule has 0 saturated heterocycles. The molecule has 0 heterocycles. The number of unbranched alkanes of at least 4 members (excludes halogenated alkanes) is 1. The Balaban J connectivity index is -0.000000168. The van der Waals surface area contributed by atoms with Crippen LogP contribution in [0.4, 0.5) is 0 Å². The molecule has 0 saturated carbocycles. The third-order valence-corrected chi connectivity index (χ3v) is 3.19. The highest BCUT2D eigenvalue weighted by molar-refractivity contribution is 5.98. The molecule has 0 amide bonds. The Labute approximate surface area is 160 Å². The number of ether oxygens (including phenoxy) is 1. The molecule has 0 radical (unpaired) electrons. The van der Waals surface area contributed by atoms with E-state index in [1.54, 1.807) is 7.05 Å². The second kappa shape index (κ2) is 22.7. The summed E-state index contributed by atoms with van der Waals surface area (Å²) >= 11 is 0. The lowest BCUT2D eigenvalue weighted by molar-refractivity contribution is 0.155. The molecule has 0 aliphatic heterocycles. The molecular formula is C23H47NO. The molecule has 0 aromatic heterocycles. The zero-order chi connectivity index (χ0) is 21.0. The highest BCUT2D eigenvalue weighted by Gasteiger charge is 2.06. The van der Waals surface area contributed by atoms with E-state index in [2.05, 4.69) is 32.0 Å². The average Bonchev–Trinajstić information content (AvgIpc) is 2.61. The van der Waals surface area contributed by atoms with Gasteiger partial charge in [0.1, 0.15) is 5.76 Å². The number of nitrogens with zero attached hydrogens (tertiary/aromatic N) is 1. The van der Waals surface area contributed by atoms with Crippen molar-refractivity contribution in [2.75, 3.05) is 7.05 Å². The number of hydrogen-bond acceptors (Lipinski definition) is 2. The predicted octanol–water partition coefficient (Wildman–Crippen LogP) is 8.16. The van der Waals surface area contributed by atoms with Crippen LogP contribution in [0, 0.1) is 0 Å². The highest BCUT2D eigenvalue weighted by Crippen LogP contribution is 2.16. The first-order valence-corrected chi connectivity index (χ1v) is 9.78. The molecule has 150 valence electrons. The van der Waals surface area contributed by atoms with Crippen LogP contribution in [0.1, 0.15) is 95.4 Å². The summed E-state index contributed by atoms with van der Waals surface area (Å²) in [5.41, 5.74) is 4.54. The van der Waals surface area contributed by atoms with Crippen molar-refractivity contribution in [3.8, 4) is 0 Å². The van der Waals surface area contributed by atoms with Gasteiger partial charge in [-0.3, -0.25) is 4.99 Å². The maximum Gasteiger partial charge on any atom is 0.115 e. The molecule has 2 nitrogen and oxygen atoms in total. The van der Waals surface area contributed by atoms with Crippen molar-refractivity contribution < 1.29 is 4.74 Å². The Morgan fingerprint density at radius 1 is 0.920 bits per heavy atom. The van der Waals surface area contributed by atoms with Gasteiger partial charge in [0, 0.05) is 12.8 Å². The second-order valence-corrected chi connectivity index (χ2v) is 5.71. The molecule has 0 bridgehead atoms. The molecule has 0 rings (SSSR count). The van der Waals surface area contributed by atoms with Gasteiger partial charge in [0.05, 0.1) is 6.10 Å². The van der Waals surface area contributed by atoms with Crippen LogP contribution in [0.5, 0.6) is 0 Å². The summed E-state index contributed by atoms with van der Waals surface area (Å²) in [4.78, 5) is 4.13. The first kappa shape index (κ1) is 31.5. The van der Waals surface area contributed by atoms with Crippen molar-refractivity contribution in [1.82, 2.24) is 0 Å². The Kier molecular flexibility index (Phi) is 28.6. The van der Waals surface area contributed by atoms with Crippen LogP contribution in [0.3, 0.4) is 0 Å². The summed E-state index contributed by atoms with van der Waals surface area (Å²) in [7, 11) is 1.79. The minimum Gasteiger partial charge on any atom is -0.491 e. The van der Waals surface area contributed by atoms with Crippen LogP contribution < -0.4 is 0 Å². The summed E-state index contributed by atoms with van der Waals surface area (Å²) in [5.74, 6) is 0.737. The lowest BCUT2D eigenvalue weighted by Crippen LogP contribution is -2.05. The fourth-order valence-electron chi connectivity index (χ4n) is 1.50. The van der Waals surface area contributed by atoms with Gasteiger partial charge in [-0.15, -0.1) is 6.58 Å². The van der Waals surface area contributed by atoms with Crippen LogP contribution >= 0.6 is 0 Å². The maximum absolute atomic E-state index is 5.52.